The van der Waals surface area contributed by atoms with E-state index in [1.807, 2.05) is 6.07 Å². The van der Waals surface area contributed by atoms with Gasteiger partial charge < -0.3 is 14.9 Å². The van der Waals surface area contributed by atoms with Crippen molar-refractivity contribution in [3.8, 4) is 0 Å². The molecule has 0 saturated heterocycles. The summed E-state index contributed by atoms with van der Waals surface area (Å²) in [6.07, 6.45) is -2.72. The Hall–Kier alpha value is -2.21. The maximum atomic E-state index is 11.7. The Morgan fingerprint density at radius 1 is 1.24 bits per heavy atom. The molecule has 0 aliphatic rings. The van der Waals surface area contributed by atoms with Crippen molar-refractivity contribution in [3.05, 3.63) is 35.9 Å². The molecule has 2 N–H and O–H groups in total. The molecular weight excluding hydrogens is 274 g/mol. The molecule has 114 valence electrons. The summed E-state index contributed by atoms with van der Waals surface area (Å²) < 4.78 is 5.01. The average Bonchev–Trinajstić information content (AvgIpc) is 2.36. The quantitative estimate of drug-likeness (QED) is 0.828. The summed E-state index contributed by atoms with van der Waals surface area (Å²) in [5.41, 5.74) is -0.171. The minimum atomic E-state index is -1.85. The van der Waals surface area contributed by atoms with Crippen LogP contribution in [0.5, 0.6) is 0 Å². The lowest BCUT2D eigenvalue weighted by Gasteiger charge is -2.18. The summed E-state index contributed by atoms with van der Waals surface area (Å²) >= 11 is 0. The number of hydrogen-bond acceptors (Lipinski definition) is 4. The van der Waals surface area contributed by atoms with E-state index in [1.54, 1.807) is 45.0 Å². The van der Waals surface area contributed by atoms with Gasteiger partial charge in [-0.3, -0.25) is 0 Å². The van der Waals surface area contributed by atoms with Crippen LogP contribution in [0.15, 0.2) is 35.3 Å². The average molecular weight is 293 g/mol. The normalized spacial score (nSPS) is 13.6. The smallest absolute Gasteiger partial charge is 0.434 e. The molecule has 0 aromatic heterocycles. The zero-order valence-corrected chi connectivity index (χ0v) is 12.2. The molecule has 1 rings (SSSR count). The number of aliphatic carboxylic acids is 1. The molecule has 0 fully saturated rings. The fourth-order valence-corrected chi connectivity index (χ4v) is 1.55. The van der Waals surface area contributed by atoms with E-state index in [1.165, 1.54) is 0 Å². The minimum absolute atomic E-state index is 0.0492. The zero-order valence-electron chi connectivity index (χ0n) is 12.2. The van der Waals surface area contributed by atoms with Gasteiger partial charge in [0.2, 0.25) is 0 Å². The fraction of sp³-hybridized carbons (Fsp3) is 0.400. The molecule has 0 heterocycles. The SMILES string of the molecule is CC(C)(C)OC(=O)N=C(Cc1ccccc1)C(O)C(=O)O. The molecule has 0 saturated carbocycles. The number of carboxylic acids is 1. The van der Waals surface area contributed by atoms with E-state index in [4.69, 9.17) is 9.84 Å². The van der Waals surface area contributed by atoms with E-state index in [-0.39, 0.29) is 12.1 Å². The van der Waals surface area contributed by atoms with Crippen molar-refractivity contribution >= 4 is 17.8 Å². The van der Waals surface area contributed by atoms with Gasteiger partial charge in [-0.1, -0.05) is 30.3 Å². The van der Waals surface area contributed by atoms with Crippen LogP contribution in [0.2, 0.25) is 0 Å². The summed E-state index contributed by atoms with van der Waals surface area (Å²) in [7, 11) is 0. The Kier molecular flexibility index (Phi) is 5.60. The molecule has 0 radical (unpaired) electrons. The maximum absolute atomic E-state index is 11.7. The third kappa shape index (κ3) is 6.18. The molecule has 6 nitrogen and oxygen atoms in total. The Labute approximate surface area is 123 Å². The second-order valence-electron chi connectivity index (χ2n) is 5.49. The number of aliphatic hydroxyl groups excluding tert-OH is 1. The van der Waals surface area contributed by atoms with Crippen LogP contribution in [-0.4, -0.2) is 39.7 Å². The standard InChI is InChI=1S/C15H19NO5/c1-15(2,3)21-14(20)16-11(12(17)13(18)19)9-10-7-5-4-6-8-10/h4-8,12,17H,9H2,1-3H3,(H,18,19). The predicted molar refractivity (Wildman–Crippen MR) is 77.5 cm³/mol. The Balaban J connectivity index is 2.97. The summed E-state index contributed by atoms with van der Waals surface area (Å²) in [6, 6.07) is 8.85. The van der Waals surface area contributed by atoms with Gasteiger partial charge in [-0.25, -0.2) is 9.59 Å². The highest BCUT2D eigenvalue weighted by atomic mass is 16.6. The van der Waals surface area contributed by atoms with Crippen molar-refractivity contribution in [1.82, 2.24) is 0 Å². The van der Waals surface area contributed by atoms with Crippen LogP contribution in [0.3, 0.4) is 0 Å². The van der Waals surface area contributed by atoms with Crippen LogP contribution >= 0.6 is 0 Å². The Morgan fingerprint density at radius 2 is 1.81 bits per heavy atom. The first-order chi connectivity index (χ1) is 9.69. The summed E-state index contributed by atoms with van der Waals surface area (Å²) in [6.45, 7) is 5.01. The Bertz CT molecular complexity index is 531. The molecular formula is C15H19NO5. The number of benzene rings is 1. The number of ether oxygens (including phenoxy) is 1. The second-order valence-corrected chi connectivity index (χ2v) is 5.49. The monoisotopic (exact) mass is 293 g/mol. The molecule has 0 aliphatic carbocycles. The third-order valence-corrected chi connectivity index (χ3v) is 2.41. The molecule has 1 atom stereocenters. The number of carboxylic acid groups (broad SMARTS) is 1. The highest BCUT2D eigenvalue weighted by Gasteiger charge is 2.24. The van der Waals surface area contributed by atoms with Gasteiger partial charge in [0.05, 0.1) is 5.71 Å². The van der Waals surface area contributed by atoms with Gasteiger partial charge in [0.25, 0.3) is 0 Å². The van der Waals surface area contributed by atoms with E-state index in [2.05, 4.69) is 4.99 Å². The molecule has 1 unspecified atom stereocenters. The van der Waals surface area contributed by atoms with Crippen molar-refractivity contribution < 1.29 is 24.5 Å². The lowest BCUT2D eigenvalue weighted by molar-refractivity contribution is -0.143. The van der Waals surface area contributed by atoms with Crippen LogP contribution < -0.4 is 0 Å². The summed E-state index contributed by atoms with van der Waals surface area (Å²) in [5.74, 6) is -1.46. The molecule has 21 heavy (non-hydrogen) atoms. The molecule has 6 heteroatoms. The second kappa shape index (κ2) is 6.99. The van der Waals surface area contributed by atoms with Crippen molar-refractivity contribution in [2.75, 3.05) is 0 Å². The van der Waals surface area contributed by atoms with Crippen LogP contribution in [0, 0.1) is 0 Å². The van der Waals surface area contributed by atoms with Gasteiger partial charge in [-0.15, -0.1) is 0 Å². The molecule has 0 aliphatic heterocycles. The highest BCUT2D eigenvalue weighted by Crippen LogP contribution is 2.10. The van der Waals surface area contributed by atoms with Crippen molar-refractivity contribution in [3.63, 3.8) is 0 Å². The third-order valence-electron chi connectivity index (χ3n) is 2.41. The predicted octanol–water partition coefficient (Wildman–Crippen LogP) is 2.05. The number of amides is 1. The first-order valence-electron chi connectivity index (χ1n) is 6.44. The van der Waals surface area contributed by atoms with Crippen molar-refractivity contribution in [2.24, 2.45) is 4.99 Å². The van der Waals surface area contributed by atoms with Crippen molar-refractivity contribution in [1.29, 1.82) is 0 Å². The zero-order chi connectivity index (χ0) is 16.0. The van der Waals surface area contributed by atoms with Crippen LogP contribution in [0.1, 0.15) is 26.3 Å². The number of aliphatic hydroxyl groups is 1. The van der Waals surface area contributed by atoms with Gasteiger partial charge in [-0.2, -0.15) is 4.99 Å². The van der Waals surface area contributed by atoms with Gasteiger partial charge >= 0.3 is 12.1 Å². The fourth-order valence-electron chi connectivity index (χ4n) is 1.55. The number of carbonyl (C=O) groups excluding carboxylic acids is 1. The van der Waals surface area contributed by atoms with E-state index >= 15 is 0 Å². The number of carbonyl (C=O) groups is 2. The molecule has 1 aromatic carbocycles. The van der Waals surface area contributed by atoms with Crippen LogP contribution in [0.4, 0.5) is 4.79 Å². The molecule has 1 amide bonds. The van der Waals surface area contributed by atoms with Crippen LogP contribution in [0.25, 0.3) is 0 Å². The van der Waals surface area contributed by atoms with E-state index in [0.717, 1.165) is 5.56 Å². The van der Waals surface area contributed by atoms with E-state index < -0.39 is 23.8 Å². The van der Waals surface area contributed by atoms with E-state index in [9.17, 15) is 14.7 Å². The van der Waals surface area contributed by atoms with Gasteiger partial charge in [0, 0.05) is 6.42 Å². The number of nitrogens with zero attached hydrogens (tertiary/aromatic N) is 1. The van der Waals surface area contributed by atoms with Gasteiger partial charge in [0.1, 0.15) is 5.60 Å². The van der Waals surface area contributed by atoms with Gasteiger partial charge in [-0.05, 0) is 26.3 Å². The summed E-state index contributed by atoms with van der Waals surface area (Å²) in [4.78, 5) is 26.2. The van der Waals surface area contributed by atoms with Crippen LogP contribution in [-0.2, 0) is 16.0 Å². The maximum Gasteiger partial charge on any atom is 0.434 e. The van der Waals surface area contributed by atoms with E-state index in [0.29, 0.717) is 0 Å². The molecule has 0 bridgehead atoms. The largest absolute Gasteiger partial charge is 0.479 e. The van der Waals surface area contributed by atoms with Gasteiger partial charge in [0.15, 0.2) is 6.10 Å². The lowest BCUT2D eigenvalue weighted by atomic mass is 10.0. The topological polar surface area (TPSA) is 96.2 Å². The Morgan fingerprint density at radius 3 is 2.29 bits per heavy atom. The number of hydrogen-bond donors (Lipinski definition) is 2. The van der Waals surface area contributed by atoms with Crippen molar-refractivity contribution in [2.45, 2.75) is 38.9 Å². The minimum Gasteiger partial charge on any atom is -0.479 e. The number of aliphatic imine (C=N–C) groups is 1. The molecule has 1 aromatic rings. The molecule has 0 spiro atoms. The highest BCUT2D eigenvalue weighted by molar-refractivity contribution is 6.08. The number of rotatable bonds is 4. The lowest BCUT2D eigenvalue weighted by Crippen LogP contribution is -2.33. The first-order valence-corrected chi connectivity index (χ1v) is 6.44. The first kappa shape index (κ1) is 16.8. The summed E-state index contributed by atoms with van der Waals surface area (Å²) in [5, 5.41) is 18.5.